The third-order valence-corrected chi connectivity index (χ3v) is 4.12. The number of carbonyl (C=O) groups excluding carboxylic acids is 1. The van der Waals surface area contributed by atoms with E-state index < -0.39 is 18.8 Å². The number of rotatable bonds is 4. The minimum atomic E-state index is -4.62. The van der Waals surface area contributed by atoms with Gasteiger partial charge in [0.15, 0.2) is 6.10 Å². The van der Waals surface area contributed by atoms with Crippen LogP contribution in [0.25, 0.3) is 0 Å². The lowest BCUT2D eigenvalue weighted by molar-refractivity contribution is -0.208. The van der Waals surface area contributed by atoms with Crippen LogP contribution in [0.3, 0.4) is 0 Å². The van der Waals surface area contributed by atoms with E-state index >= 15 is 0 Å². The van der Waals surface area contributed by atoms with E-state index in [1.54, 1.807) is 23.1 Å². The predicted molar refractivity (Wildman–Crippen MR) is 82.1 cm³/mol. The van der Waals surface area contributed by atoms with Gasteiger partial charge in [-0.1, -0.05) is 6.07 Å². The molecule has 1 aliphatic heterocycles. The summed E-state index contributed by atoms with van der Waals surface area (Å²) in [4.78, 5) is 15.6. The molecule has 1 aromatic carbocycles. The summed E-state index contributed by atoms with van der Waals surface area (Å²) < 4.78 is 42.3. The van der Waals surface area contributed by atoms with Gasteiger partial charge in [0, 0.05) is 38.3 Å². The summed E-state index contributed by atoms with van der Waals surface area (Å²) in [5.74, 6) is 0.442. The number of nitrogens with zero attached hydrogens (tertiary/aromatic N) is 2. The van der Waals surface area contributed by atoms with E-state index in [0.717, 1.165) is 5.56 Å². The number of halogens is 3. The molecule has 0 radical (unpaired) electrons. The Balaban J connectivity index is 1.93. The van der Waals surface area contributed by atoms with E-state index in [9.17, 15) is 18.0 Å². The van der Waals surface area contributed by atoms with Crippen LogP contribution in [0.15, 0.2) is 18.2 Å². The number of aliphatic hydroxyl groups is 1. The Hall–Kier alpha value is -1.80. The maximum atomic E-state index is 12.5. The van der Waals surface area contributed by atoms with Gasteiger partial charge in [-0.05, 0) is 24.6 Å². The molecule has 5 nitrogen and oxygen atoms in total. The van der Waals surface area contributed by atoms with Crippen LogP contribution in [0.2, 0.25) is 0 Å². The summed E-state index contributed by atoms with van der Waals surface area (Å²) in [5, 5.41) is 9.11. The summed E-state index contributed by atoms with van der Waals surface area (Å²) in [6, 6.07) is 5.17. The predicted octanol–water partition coefficient (Wildman–Crippen LogP) is 1.68. The fraction of sp³-hybridized carbons (Fsp3) is 0.562. The first-order valence-corrected chi connectivity index (χ1v) is 7.63. The second-order valence-electron chi connectivity index (χ2n) is 5.83. The highest BCUT2D eigenvalue weighted by atomic mass is 19.4. The number of β-amino-alcohol motifs (C(OH)–C–C–N with tert-alkyl or cyclic N) is 1. The number of hydrogen-bond donors (Lipinski definition) is 1. The summed E-state index contributed by atoms with van der Waals surface area (Å²) in [5.41, 5.74) is 1.40. The smallest absolute Gasteiger partial charge is 0.415 e. The zero-order valence-corrected chi connectivity index (χ0v) is 13.6. The molecule has 1 saturated heterocycles. The van der Waals surface area contributed by atoms with Crippen LogP contribution in [-0.4, -0.2) is 72.9 Å². The molecule has 24 heavy (non-hydrogen) atoms. The van der Waals surface area contributed by atoms with Gasteiger partial charge in [0.1, 0.15) is 5.75 Å². The van der Waals surface area contributed by atoms with Gasteiger partial charge in [0.2, 0.25) is 0 Å². The number of benzene rings is 1. The highest BCUT2D eigenvalue weighted by molar-refractivity contribution is 5.94. The van der Waals surface area contributed by atoms with Crippen molar-refractivity contribution in [2.45, 2.75) is 19.2 Å². The normalized spacial score (nSPS) is 17.7. The Bertz CT molecular complexity index is 584. The largest absolute Gasteiger partial charge is 0.496 e. The van der Waals surface area contributed by atoms with Gasteiger partial charge in [-0.15, -0.1) is 0 Å². The van der Waals surface area contributed by atoms with Crippen molar-refractivity contribution in [3.05, 3.63) is 29.3 Å². The monoisotopic (exact) mass is 346 g/mol. The molecule has 1 atom stereocenters. The van der Waals surface area contributed by atoms with Gasteiger partial charge >= 0.3 is 6.18 Å². The minimum absolute atomic E-state index is 0.177. The molecule has 1 heterocycles. The number of aliphatic hydroxyl groups excluding tert-OH is 1. The lowest BCUT2D eigenvalue weighted by Gasteiger charge is -2.35. The minimum Gasteiger partial charge on any atom is -0.496 e. The van der Waals surface area contributed by atoms with Crippen molar-refractivity contribution >= 4 is 5.91 Å². The SMILES string of the molecule is COc1cc(C(=O)N2CCN(C[C@@H](O)C(F)(F)F)CC2)ccc1C. The van der Waals surface area contributed by atoms with Crippen molar-refractivity contribution in [1.29, 1.82) is 0 Å². The number of alkyl halides is 3. The van der Waals surface area contributed by atoms with Crippen LogP contribution >= 0.6 is 0 Å². The average molecular weight is 346 g/mol. The molecule has 1 N–H and O–H groups in total. The van der Waals surface area contributed by atoms with Crippen molar-refractivity contribution in [2.75, 3.05) is 39.8 Å². The molecule has 134 valence electrons. The average Bonchev–Trinajstić information content (AvgIpc) is 2.54. The van der Waals surface area contributed by atoms with Crippen LogP contribution in [0.1, 0.15) is 15.9 Å². The molecule has 0 spiro atoms. The first-order valence-electron chi connectivity index (χ1n) is 7.63. The quantitative estimate of drug-likeness (QED) is 0.901. The first kappa shape index (κ1) is 18.5. The Morgan fingerprint density at radius 3 is 2.46 bits per heavy atom. The number of aryl methyl sites for hydroxylation is 1. The summed E-state index contributed by atoms with van der Waals surface area (Å²) in [6.07, 6.45) is -6.98. The number of ether oxygens (including phenoxy) is 1. The van der Waals surface area contributed by atoms with E-state index in [1.807, 2.05) is 6.92 Å². The number of methoxy groups -OCH3 is 1. The summed E-state index contributed by atoms with van der Waals surface area (Å²) in [6.45, 7) is 2.63. The van der Waals surface area contributed by atoms with E-state index in [0.29, 0.717) is 37.5 Å². The molecular formula is C16H21F3N2O3. The molecule has 0 aromatic heterocycles. The fourth-order valence-corrected chi connectivity index (χ4v) is 2.62. The second kappa shape index (κ2) is 7.40. The molecule has 0 bridgehead atoms. The standard InChI is InChI=1S/C16H21F3N2O3/c1-11-3-4-12(9-13(11)24-2)15(23)21-7-5-20(6-8-21)10-14(22)16(17,18)19/h3-4,9,14,22H,5-8,10H2,1-2H3/t14-/m1/s1. The first-order chi connectivity index (χ1) is 11.2. The van der Waals surface area contributed by atoms with Crippen molar-refractivity contribution in [3.63, 3.8) is 0 Å². The number of hydrogen-bond acceptors (Lipinski definition) is 4. The lowest BCUT2D eigenvalue weighted by atomic mass is 10.1. The molecule has 1 aliphatic rings. The molecule has 0 saturated carbocycles. The second-order valence-corrected chi connectivity index (χ2v) is 5.83. The van der Waals surface area contributed by atoms with E-state index in [2.05, 4.69) is 0 Å². The molecule has 2 rings (SSSR count). The Morgan fingerprint density at radius 2 is 1.92 bits per heavy atom. The molecule has 1 fully saturated rings. The number of carbonyl (C=O) groups is 1. The summed E-state index contributed by atoms with van der Waals surface area (Å²) >= 11 is 0. The number of amides is 1. The summed E-state index contributed by atoms with van der Waals surface area (Å²) in [7, 11) is 1.53. The third-order valence-electron chi connectivity index (χ3n) is 4.12. The van der Waals surface area contributed by atoms with Gasteiger partial charge < -0.3 is 14.7 Å². The number of piperazine rings is 1. The molecule has 0 unspecified atom stereocenters. The van der Waals surface area contributed by atoms with Crippen LogP contribution in [0, 0.1) is 6.92 Å². The van der Waals surface area contributed by atoms with Crippen molar-refractivity contribution in [2.24, 2.45) is 0 Å². The van der Waals surface area contributed by atoms with Crippen LogP contribution in [0.5, 0.6) is 5.75 Å². The van der Waals surface area contributed by atoms with Gasteiger partial charge in [0.05, 0.1) is 7.11 Å². The van der Waals surface area contributed by atoms with Crippen molar-refractivity contribution in [3.8, 4) is 5.75 Å². The maximum Gasteiger partial charge on any atom is 0.415 e. The molecule has 0 aliphatic carbocycles. The molecule has 1 amide bonds. The topological polar surface area (TPSA) is 53.0 Å². The Morgan fingerprint density at radius 1 is 1.29 bits per heavy atom. The van der Waals surface area contributed by atoms with Gasteiger partial charge in [-0.25, -0.2) is 0 Å². The maximum absolute atomic E-state index is 12.5. The highest BCUT2D eigenvalue weighted by Crippen LogP contribution is 2.22. The van der Waals surface area contributed by atoms with Crippen molar-refractivity contribution < 1.29 is 27.8 Å². The molecule has 8 heteroatoms. The van der Waals surface area contributed by atoms with Gasteiger partial charge in [0.25, 0.3) is 5.91 Å². The van der Waals surface area contributed by atoms with E-state index in [1.165, 1.54) is 12.0 Å². The van der Waals surface area contributed by atoms with Gasteiger partial charge in [-0.3, -0.25) is 9.69 Å². The van der Waals surface area contributed by atoms with Crippen LogP contribution in [0.4, 0.5) is 13.2 Å². The van der Waals surface area contributed by atoms with Crippen LogP contribution in [-0.2, 0) is 0 Å². The molecule has 1 aromatic rings. The molecular weight excluding hydrogens is 325 g/mol. The lowest BCUT2D eigenvalue weighted by Crippen LogP contribution is -2.52. The van der Waals surface area contributed by atoms with Gasteiger partial charge in [-0.2, -0.15) is 13.2 Å². The van der Waals surface area contributed by atoms with E-state index in [-0.39, 0.29) is 5.91 Å². The fourth-order valence-electron chi connectivity index (χ4n) is 2.62. The van der Waals surface area contributed by atoms with Crippen LogP contribution < -0.4 is 4.74 Å². The Labute approximate surface area is 138 Å². The third kappa shape index (κ3) is 4.39. The zero-order valence-electron chi connectivity index (χ0n) is 13.6. The highest BCUT2D eigenvalue weighted by Gasteiger charge is 2.39. The van der Waals surface area contributed by atoms with Crippen molar-refractivity contribution in [1.82, 2.24) is 9.80 Å². The Kier molecular flexibility index (Phi) is 5.71. The zero-order chi connectivity index (χ0) is 17.9. The van der Waals surface area contributed by atoms with E-state index in [4.69, 9.17) is 9.84 Å².